The molecule has 2 N–H and O–H groups in total. The summed E-state index contributed by atoms with van der Waals surface area (Å²) in [5, 5.41) is 13.3. The average molecular weight is 374 g/mol. The Kier molecular flexibility index (Phi) is 6.28. The van der Waals surface area contributed by atoms with Gasteiger partial charge in [-0.15, -0.1) is 24.8 Å². The summed E-state index contributed by atoms with van der Waals surface area (Å²) >= 11 is 0. The number of anilines is 1. The molecule has 6 nitrogen and oxygen atoms in total. The maximum absolute atomic E-state index is 9.80. The molecule has 0 aliphatic heterocycles. The van der Waals surface area contributed by atoms with Crippen LogP contribution in [0.3, 0.4) is 0 Å². The molecule has 0 amide bonds. The van der Waals surface area contributed by atoms with Gasteiger partial charge in [0, 0.05) is 6.04 Å². The zero-order chi connectivity index (χ0) is 15.0. The molecular formula is C16H25Cl2N5O. The molecule has 2 aliphatic carbocycles. The number of nitrogens with one attached hydrogen (secondary N) is 1. The minimum atomic E-state index is -0.238. The van der Waals surface area contributed by atoms with Crippen LogP contribution in [-0.4, -0.2) is 36.8 Å². The van der Waals surface area contributed by atoms with Crippen LogP contribution in [0.5, 0.6) is 0 Å². The summed E-state index contributed by atoms with van der Waals surface area (Å²) in [5.41, 5.74) is 1.50. The van der Waals surface area contributed by atoms with Crippen LogP contribution in [0.25, 0.3) is 11.2 Å². The number of hydrogen-bond acceptors (Lipinski definition) is 5. The van der Waals surface area contributed by atoms with E-state index in [1.165, 1.54) is 25.7 Å². The van der Waals surface area contributed by atoms with Gasteiger partial charge >= 0.3 is 0 Å². The second-order valence-corrected chi connectivity index (χ2v) is 6.76. The second-order valence-electron chi connectivity index (χ2n) is 6.76. The fraction of sp³-hybridized carbons (Fsp3) is 0.688. The number of imidazole rings is 1. The molecule has 2 aromatic rings. The first kappa shape index (κ1) is 19.2. The van der Waals surface area contributed by atoms with Crippen molar-refractivity contribution in [3.63, 3.8) is 0 Å². The van der Waals surface area contributed by atoms with Crippen molar-refractivity contribution in [1.29, 1.82) is 0 Å². The molecule has 8 heteroatoms. The smallest absolute Gasteiger partial charge is 0.165 e. The van der Waals surface area contributed by atoms with Gasteiger partial charge in [0.15, 0.2) is 11.5 Å². The van der Waals surface area contributed by atoms with E-state index in [1.807, 2.05) is 6.33 Å². The molecule has 2 heterocycles. The molecule has 24 heavy (non-hydrogen) atoms. The number of aliphatic hydroxyl groups excluding tert-OH is 1. The van der Waals surface area contributed by atoms with Gasteiger partial charge in [0.25, 0.3) is 0 Å². The number of halogens is 2. The van der Waals surface area contributed by atoms with Crippen LogP contribution in [0, 0.1) is 0 Å². The molecule has 0 radical (unpaired) electrons. The van der Waals surface area contributed by atoms with Gasteiger partial charge in [-0.3, -0.25) is 0 Å². The van der Waals surface area contributed by atoms with Gasteiger partial charge in [-0.2, -0.15) is 0 Å². The third-order valence-corrected chi connectivity index (χ3v) is 5.32. The van der Waals surface area contributed by atoms with Crippen LogP contribution >= 0.6 is 24.8 Å². The molecule has 2 fully saturated rings. The summed E-state index contributed by atoms with van der Waals surface area (Å²) in [6.45, 7) is 0.141. The minimum absolute atomic E-state index is 0. The summed E-state index contributed by atoms with van der Waals surface area (Å²) in [7, 11) is 0. The van der Waals surface area contributed by atoms with E-state index in [0.29, 0.717) is 6.04 Å². The van der Waals surface area contributed by atoms with Crippen LogP contribution in [0.15, 0.2) is 12.7 Å². The van der Waals surface area contributed by atoms with Gasteiger partial charge < -0.3 is 15.0 Å². The minimum Gasteiger partial charge on any atom is -0.394 e. The van der Waals surface area contributed by atoms with Crippen LogP contribution < -0.4 is 5.32 Å². The molecule has 2 saturated carbocycles. The summed E-state index contributed by atoms with van der Waals surface area (Å²) in [6.07, 6.45) is 12.8. The lowest BCUT2D eigenvalue weighted by Gasteiger charge is -2.28. The molecule has 134 valence electrons. The Morgan fingerprint density at radius 3 is 2.46 bits per heavy atom. The largest absolute Gasteiger partial charge is 0.394 e. The SMILES string of the molecule is Cl.Cl.OCC1(Nc2ncnc3c2ncn3C2CCCC2)CCCC1. The van der Waals surface area contributed by atoms with Crippen LogP contribution in [0.2, 0.25) is 0 Å². The summed E-state index contributed by atoms with van der Waals surface area (Å²) in [4.78, 5) is 13.4. The van der Waals surface area contributed by atoms with Crippen molar-refractivity contribution in [1.82, 2.24) is 19.5 Å². The standard InChI is InChI=1S/C16H23N5O.2ClH/c22-9-16(7-3-4-8-16)20-14-13-15(18-10-17-14)21(11-19-13)12-5-1-2-6-12;;/h10-12,22H,1-9H2,(H,17,18,20);2*1H. The first-order chi connectivity index (χ1) is 10.8. The van der Waals surface area contributed by atoms with Crippen LogP contribution in [0.1, 0.15) is 57.4 Å². The van der Waals surface area contributed by atoms with Crippen molar-refractivity contribution in [3.05, 3.63) is 12.7 Å². The Bertz CT molecular complexity index is 666. The highest BCUT2D eigenvalue weighted by atomic mass is 35.5. The Morgan fingerprint density at radius 2 is 1.79 bits per heavy atom. The van der Waals surface area contributed by atoms with Crippen molar-refractivity contribution in [3.8, 4) is 0 Å². The molecule has 2 aliphatic rings. The van der Waals surface area contributed by atoms with E-state index in [-0.39, 0.29) is 37.0 Å². The van der Waals surface area contributed by atoms with Crippen molar-refractivity contribution < 1.29 is 5.11 Å². The van der Waals surface area contributed by atoms with Crippen molar-refractivity contribution in [2.45, 2.75) is 62.9 Å². The zero-order valence-corrected chi connectivity index (χ0v) is 15.3. The second kappa shape index (κ2) is 7.85. The number of nitrogens with zero attached hydrogens (tertiary/aromatic N) is 4. The van der Waals surface area contributed by atoms with E-state index in [0.717, 1.165) is 42.7 Å². The van der Waals surface area contributed by atoms with E-state index >= 15 is 0 Å². The van der Waals surface area contributed by atoms with E-state index in [2.05, 4.69) is 24.8 Å². The van der Waals surface area contributed by atoms with Crippen LogP contribution in [-0.2, 0) is 0 Å². The molecule has 0 saturated heterocycles. The quantitative estimate of drug-likeness (QED) is 0.857. The number of hydrogen-bond donors (Lipinski definition) is 2. The van der Waals surface area contributed by atoms with Crippen molar-refractivity contribution in [2.24, 2.45) is 0 Å². The third kappa shape index (κ3) is 3.32. The summed E-state index contributed by atoms with van der Waals surface area (Å²) < 4.78 is 2.20. The van der Waals surface area contributed by atoms with Gasteiger partial charge in [-0.05, 0) is 25.7 Å². The Hall–Kier alpha value is -1.11. The van der Waals surface area contributed by atoms with E-state index in [4.69, 9.17) is 0 Å². The topological polar surface area (TPSA) is 75.9 Å². The Labute approximate surface area is 154 Å². The molecule has 0 aromatic carbocycles. The molecule has 0 atom stereocenters. The summed E-state index contributed by atoms with van der Waals surface area (Å²) in [5.74, 6) is 0.762. The van der Waals surface area contributed by atoms with E-state index in [1.54, 1.807) is 6.33 Å². The normalized spacial score (nSPS) is 19.9. The zero-order valence-electron chi connectivity index (χ0n) is 13.6. The summed E-state index contributed by atoms with van der Waals surface area (Å²) in [6, 6.07) is 0.519. The monoisotopic (exact) mass is 373 g/mol. The predicted molar refractivity (Wildman–Crippen MR) is 99.2 cm³/mol. The number of rotatable bonds is 4. The first-order valence-electron chi connectivity index (χ1n) is 8.38. The maximum Gasteiger partial charge on any atom is 0.165 e. The molecule has 4 rings (SSSR count). The van der Waals surface area contributed by atoms with E-state index < -0.39 is 0 Å². The number of aliphatic hydroxyl groups is 1. The molecular weight excluding hydrogens is 349 g/mol. The lowest BCUT2D eigenvalue weighted by molar-refractivity contribution is 0.214. The highest BCUT2D eigenvalue weighted by Gasteiger charge is 2.34. The first-order valence-corrected chi connectivity index (χ1v) is 8.38. The molecule has 2 aromatic heterocycles. The maximum atomic E-state index is 9.80. The Morgan fingerprint density at radius 1 is 1.08 bits per heavy atom. The van der Waals surface area contributed by atoms with E-state index in [9.17, 15) is 5.11 Å². The van der Waals surface area contributed by atoms with Gasteiger partial charge in [-0.1, -0.05) is 25.7 Å². The van der Waals surface area contributed by atoms with Gasteiger partial charge in [0.05, 0.1) is 18.5 Å². The predicted octanol–water partition coefficient (Wildman–Crippen LogP) is 3.50. The van der Waals surface area contributed by atoms with Crippen LogP contribution in [0.4, 0.5) is 5.82 Å². The average Bonchev–Trinajstić information content (AvgIpc) is 3.28. The highest BCUT2D eigenvalue weighted by Crippen LogP contribution is 2.35. The molecule has 0 spiro atoms. The van der Waals surface area contributed by atoms with Gasteiger partial charge in [0.1, 0.15) is 11.8 Å². The van der Waals surface area contributed by atoms with Gasteiger partial charge in [-0.25, -0.2) is 15.0 Å². The lowest BCUT2D eigenvalue weighted by atomic mass is 9.99. The van der Waals surface area contributed by atoms with Crippen molar-refractivity contribution >= 4 is 41.8 Å². The molecule has 0 bridgehead atoms. The fourth-order valence-corrected chi connectivity index (χ4v) is 4.02. The Balaban J connectivity index is 0.00000104. The van der Waals surface area contributed by atoms with Crippen molar-refractivity contribution in [2.75, 3.05) is 11.9 Å². The number of aromatic nitrogens is 4. The van der Waals surface area contributed by atoms with Gasteiger partial charge in [0.2, 0.25) is 0 Å². The fourth-order valence-electron chi connectivity index (χ4n) is 4.02. The number of fused-ring (bicyclic) bond motifs is 1. The highest BCUT2D eigenvalue weighted by molar-refractivity contribution is 5.85. The lowest BCUT2D eigenvalue weighted by Crippen LogP contribution is -2.39. The molecule has 0 unspecified atom stereocenters. The third-order valence-electron chi connectivity index (χ3n) is 5.32.